The Balaban J connectivity index is 2.34. The fourth-order valence-electron chi connectivity index (χ4n) is 1.86. The summed E-state index contributed by atoms with van der Waals surface area (Å²) in [4.78, 5) is 0. The number of nitrogens with zero attached hydrogens (tertiary/aromatic N) is 3. The molecule has 2 heterocycles. The number of unbranched alkanes of at least 4 members (excludes halogenated alkanes) is 1. The van der Waals surface area contributed by atoms with Crippen LogP contribution in [0.25, 0.3) is 5.70 Å². The van der Waals surface area contributed by atoms with Crippen LogP contribution in [0, 0.1) is 0 Å². The molecule has 1 atom stereocenters. The topological polar surface area (TPSA) is 91.4 Å². The average molecular weight is 225 g/mol. The van der Waals surface area contributed by atoms with Gasteiger partial charge in [0.05, 0.1) is 12.3 Å². The van der Waals surface area contributed by atoms with Crippen LogP contribution in [0.15, 0.2) is 5.76 Å². The summed E-state index contributed by atoms with van der Waals surface area (Å²) in [6.45, 7) is 1.70. The van der Waals surface area contributed by atoms with Crippen LogP contribution in [0.2, 0.25) is 0 Å². The van der Waals surface area contributed by atoms with Gasteiger partial charge in [-0.05, 0) is 12.8 Å². The summed E-state index contributed by atoms with van der Waals surface area (Å²) < 4.78 is 1.32. The van der Waals surface area contributed by atoms with Gasteiger partial charge in [0.25, 0.3) is 0 Å². The van der Waals surface area contributed by atoms with Crippen molar-refractivity contribution in [3.8, 4) is 0 Å². The molecule has 0 saturated heterocycles. The zero-order valence-corrected chi connectivity index (χ0v) is 9.09. The zero-order chi connectivity index (χ0) is 11.7. The fraction of sp³-hybridized carbons (Fsp3) is 0.600. The van der Waals surface area contributed by atoms with Gasteiger partial charge >= 0.3 is 0 Å². The van der Waals surface area contributed by atoms with Crippen molar-refractivity contribution in [3.63, 3.8) is 0 Å². The van der Waals surface area contributed by atoms with E-state index in [1.54, 1.807) is 0 Å². The van der Waals surface area contributed by atoms with Gasteiger partial charge in [-0.3, -0.25) is 0 Å². The van der Waals surface area contributed by atoms with Gasteiger partial charge in [-0.2, -0.15) is 0 Å². The van der Waals surface area contributed by atoms with Crippen LogP contribution in [0.5, 0.6) is 0 Å². The lowest BCUT2D eigenvalue weighted by Crippen LogP contribution is -2.02. The molecule has 16 heavy (non-hydrogen) atoms. The van der Waals surface area contributed by atoms with Crippen molar-refractivity contribution in [3.05, 3.63) is 17.1 Å². The van der Waals surface area contributed by atoms with Gasteiger partial charge in [0.15, 0.2) is 11.9 Å². The van der Waals surface area contributed by atoms with E-state index in [0.717, 1.165) is 19.3 Å². The third-order valence-electron chi connectivity index (χ3n) is 2.76. The van der Waals surface area contributed by atoms with Crippen molar-refractivity contribution >= 4 is 5.70 Å². The van der Waals surface area contributed by atoms with Crippen molar-refractivity contribution < 1.29 is 15.3 Å². The van der Waals surface area contributed by atoms with Crippen molar-refractivity contribution in [2.45, 2.75) is 32.3 Å². The van der Waals surface area contributed by atoms with E-state index in [-0.39, 0.29) is 18.1 Å². The van der Waals surface area contributed by atoms with E-state index in [0.29, 0.717) is 11.4 Å². The van der Waals surface area contributed by atoms with Crippen LogP contribution >= 0.6 is 0 Å². The van der Waals surface area contributed by atoms with Crippen molar-refractivity contribution in [1.29, 1.82) is 0 Å². The first-order valence-electron chi connectivity index (χ1n) is 5.36. The van der Waals surface area contributed by atoms with E-state index in [1.807, 2.05) is 0 Å². The summed E-state index contributed by atoms with van der Waals surface area (Å²) in [6.07, 6.45) is 1.58. The van der Waals surface area contributed by atoms with Gasteiger partial charge in [-0.1, -0.05) is 18.6 Å². The predicted octanol–water partition coefficient (Wildman–Crippen LogP) is 0.387. The first-order chi connectivity index (χ1) is 7.70. The summed E-state index contributed by atoms with van der Waals surface area (Å²) >= 11 is 0. The lowest BCUT2D eigenvalue weighted by Gasteiger charge is -2.03. The molecule has 0 amide bonds. The van der Waals surface area contributed by atoms with E-state index in [4.69, 9.17) is 5.11 Å². The summed E-state index contributed by atoms with van der Waals surface area (Å²) in [5, 5.41) is 36.3. The third-order valence-corrected chi connectivity index (χ3v) is 2.76. The molecule has 0 saturated carbocycles. The Hall–Kier alpha value is -1.40. The standard InChI is InChI=1S/C10H15N3O3/c1-2-3-4-6-8-10(16)9(15)7(5-14)13(8)12-11-6/h10,14-16H,2-5H2,1H3/t10-/m0/s1. The maximum Gasteiger partial charge on any atom is 0.156 e. The van der Waals surface area contributed by atoms with Gasteiger partial charge < -0.3 is 15.3 Å². The Bertz CT molecular complexity index is 425. The number of aliphatic hydroxyl groups is 3. The van der Waals surface area contributed by atoms with Crippen LogP contribution in [0.3, 0.4) is 0 Å². The van der Waals surface area contributed by atoms with Crippen LogP contribution in [0.1, 0.15) is 37.3 Å². The van der Waals surface area contributed by atoms with E-state index in [9.17, 15) is 10.2 Å². The summed E-state index contributed by atoms with van der Waals surface area (Å²) in [5.41, 5.74) is 1.37. The maximum absolute atomic E-state index is 9.80. The second-order valence-corrected chi connectivity index (χ2v) is 3.83. The molecule has 6 nitrogen and oxygen atoms in total. The number of hydrogen-bond acceptors (Lipinski definition) is 5. The smallest absolute Gasteiger partial charge is 0.156 e. The highest BCUT2D eigenvalue weighted by Gasteiger charge is 2.34. The Morgan fingerprint density at radius 3 is 2.81 bits per heavy atom. The molecule has 3 N–H and O–H groups in total. The second kappa shape index (κ2) is 4.23. The molecule has 6 heteroatoms. The summed E-state index contributed by atoms with van der Waals surface area (Å²) in [6, 6.07) is 0. The number of hydrogen-bond donors (Lipinski definition) is 3. The fourth-order valence-corrected chi connectivity index (χ4v) is 1.86. The minimum Gasteiger partial charge on any atom is -0.507 e. The first-order valence-corrected chi connectivity index (χ1v) is 5.36. The molecule has 0 fully saturated rings. The van der Waals surface area contributed by atoms with Crippen LogP contribution in [-0.2, 0) is 6.42 Å². The lowest BCUT2D eigenvalue weighted by atomic mass is 10.1. The summed E-state index contributed by atoms with van der Waals surface area (Å²) in [5.74, 6) is -0.231. The number of aliphatic hydroxyl groups excluding tert-OH is 3. The van der Waals surface area contributed by atoms with E-state index in [1.165, 1.54) is 4.68 Å². The summed E-state index contributed by atoms with van der Waals surface area (Å²) in [7, 11) is 0. The van der Waals surface area contributed by atoms with Crippen molar-refractivity contribution in [1.82, 2.24) is 15.0 Å². The molecular formula is C10H15N3O3. The quantitative estimate of drug-likeness (QED) is 0.689. The van der Waals surface area contributed by atoms with Crippen LogP contribution < -0.4 is 0 Å². The molecule has 0 unspecified atom stereocenters. The Morgan fingerprint density at radius 1 is 1.44 bits per heavy atom. The largest absolute Gasteiger partial charge is 0.507 e. The van der Waals surface area contributed by atoms with Crippen LogP contribution in [-0.4, -0.2) is 36.9 Å². The molecule has 1 aromatic heterocycles. The highest BCUT2D eigenvalue weighted by Crippen LogP contribution is 2.34. The Morgan fingerprint density at radius 2 is 2.19 bits per heavy atom. The lowest BCUT2D eigenvalue weighted by molar-refractivity contribution is 0.157. The van der Waals surface area contributed by atoms with E-state index in [2.05, 4.69) is 17.2 Å². The molecule has 1 aliphatic rings. The molecule has 0 radical (unpaired) electrons. The van der Waals surface area contributed by atoms with Crippen molar-refractivity contribution in [2.75, 3.05) is 6.61 Å². The van der Waals surface area contributed by atoms with E-state index < -0.39 is 6.10 Å². The predicted molar refractivity (Wildman–Crippen MR) is 56.5 cm³/mol. The molecule has 88 valence electrons. The number of aryl methyl sites for hydroxylation is 1. The number of rotatable bonds is 4. The minimum absolute atomic E-state index is 0.206. The third kappa shape index (κ3) is 1.50. The molecule has 1 aliphatic heterocycles. The molecule has 0 spiro atoms. The van der Waals surface area contributed by atoms with E-state index >= 15 is 0 Å². The number of aromatic nitrogens is 3. The van der Waals surface area contributed by atoms with Gasteiger partial charge in [-0.25, -0.2) is 4.68 Å². The Kier molecular flexibility index (Phi) is 2.93. The minimum atomic E-state index is -1.11. The van der Waals surface area contributed by atoms with Gasteiger partial charge in [0.2, 0.25) is 0 Å². The molecule has 0 aromatic carbocycles. The van der Waals surface area contributed by atoms with Crippen molar-refractivity contribution in [2.24, 2.45) is 0 Å². The molecular weight excluding hydrogens is 210 g/mol. The maximum atomic E-state index is 9.80. The normalized spacial score (nSPS) is 19.3. The monoisotopic (exact) mass is 225 g/mol. The SMILES string of the molecule is CCCCc1nnn2c1[C@H](O)C(O)=C2CO. The molecule has 2 rings (SSSR count). The zero-order valence-electron chi connectivity index (χ0n) is 9.09. The second-order valence-electron chi connectivity index (χ2n) is 3.83. The van der Waals surface area contributed by atoms with Gasteiger partial charge in [0.1, 0.15) is 11.4 Å². The highest BCUT2D eigenvalue weighted by molar-refractivity contribution is 5.56. The van der Waals surface area contributed by atoms with Crippen LogP contribution in [0.4, 0.5) is 0 Å². The first kappa shape index (κ1) is 11.1. The molecule has 0 bridgehead atoms. The van der Waals surface area contributed by atoms with Gasteiger partial charge in [-0.15, -0.1) is 5.10 Å². The Labute approximate surface area is 92.8 Å². The molecule has 1 aromatic rings. The van der Waals surface area contributed by atoms with Gasteiger partial charge in [0, 0.05) is 0 Å². The average Bonchev–Trinajstić information content (AvgIpc) is 2.78. The molecule has 0 aliphatic carbocycles. The number of fused-ring (bicyclic) bond motifs is 1. The highest BCUT2D eigenvalue weighted by atomic mass is 16.3.